The van der Waals surface area contributed by atoms with Crippen molar-refractivity contribution >= 4 is 18.0 Å². The van der Waals surface area contributed by atoms with E-state index >= 15 is 0 Å². The smallest absolute Gasteiger partial charge is 0.328 e. The fourth-order valence-electron chi connectivity index (χ4n) is 1.35. The first kappa shape index (κ1) is 14.7. The number of carboxylic acid groups (broad SMARTS) is 1. The molecule has 1 aromatic carbocycles. The Morgan fingerprint density at radius 3 is 2.32 bits per heavy atom. The second-order valence-electron chi connectivity index (χ2n) is 3.99. The molecule has 19 heavy (non-hydrogen) atoms. The van der Waals surface area contributed by atoms with Gasteiger partial charge in [-0.1, -0.05) is 12.1 Å². The average molecular weight is 265 g/mol. The largest absolute Gasteiger partial charge is 0.508 e. The number of carbonyl (C=O) groups excluding carboxylic acids is 1. The monoisotopic (exact) mass is 265 g/mol. The van der Waals surface area contributed by atoms with Crippen LogP contribution in [0.1, 0.15) is 12.5 Å². The van der Waals surface area contributed by atoms with Gasteiger partial charge in [-0.2, -0.15) is 0 Å². The van der Waals surface area contributed by atoms with Crippen LogP contribution in [0, 0.1) is 0 Å². The fraction of sp³-hybridized carbons (Fsp3) is 0.231. The molecule has 0 saturated carbocycles. The average Bonchev–Trinajstić information content (AvgIpc) is 2.34. The lowest BCUT2D eigenvalue weighted by Gasteiger charge is -2.15. The minimum atomic E-state index is -1.35. The maximum absolute atomic E-state index is 11.5. The molecule has 0 radical (unpaired) electrons. The number of nitrogens with one attached hydrogen (secondary N) is 1. The van der Waals surface area contributed by atoms with E-state index in [2.05, 4.69) is 5.32 Å². The molecule has 0 bridgehead atoms. The molecule has 0 unspecified atom stereocenters. The number of benzene rings is 1. The maximum Gasteiger partial charge on any atom is 0.328 e. The molecular formula is C13H15NO5. The van der Waals surface area contributed by atoms with E-state index in [1.165, 1.54) is 25.1 Å². The van der Waals surface area contributed by atoms with Gasteiger partial charge in [-0.15, -0.1) is 0 Å². The third kappa shape index (κ3) is 4.81. The van der Waals surface area contributed by atoms with E-state index in [1.807, 2.05) is 0 Å². The van der Waals surface area contributed by atoms with Gasteiger partial charge in [-0.3, -0.25) is 4.79 Å². The molecule has 2 atom stereocenters. The van der Waals surface area contributed by atoms with Gasteiger partial charge in [0, 0.05) is 6.08 Å². The molecule has 0 spiro atoms. The molecule has 102 valence electrons. The Labute approximate surface area is 110 Å². The van der Waals surface area contributed by atoms with E-state index in [1.54, 1.807) is 12.1 Å². The van der Waals surface area contributed by atoms with E-state index < -0.39 is 24.0 Å². The third-order valence-electron chi connectivity index (χ3n) is 2.37. The lowest BCUT2D eigenvalue weighted by molar-refractivity contribution is -0.144. The molecular weight excluding hydrogens is 250 g/mol. The zero-order valence-electron chi connectivity index (χ0n) is 10.3. The van der Waals surface area contributed by atoms with Gasteiger partial charge >= 0.3 is 5.97 Å². The van der Waals surface area contributed by atoms with Crippen LogP contribution in [0.3, 0.4) is 0 Å². The number of aliphatic carboxylic acids is 1. The van der Waals surface area contributed by atoms with Crippen LogP contribution in [0.25, 0.3) is 6.08 Å². The van der Waals surface area contributed by atoms with Gasteiger partial charge in [-0.05, 0) is 30.7 Å². The van der Waals surface area contributed by atoms with Crippen LogP contribution >= 0.6 is 0 Å². The second-order valence-corrected chi connectivity index (χ2v) is 3.99. The van der Waals surface area contributed by atoms with Gasteiger partial charge in [0.15, 0.2) is 6.04 Å². The summed E-state index contributed by atoms with van der Waals surface area (Å²) in [7, 11) is 0. The summed E-state index contributed by atoms with van der Waals surface area (Å²) in [5.41, 5.74) is 0.678. The SMILES string of the molecule is C[C@@H](O)[C@H](NC(=O)C=Cc1ccc(O)cc1)C(=O)O. The Balaban J connectivity index is 2.64. The molecule has 0 aromatic heterocycles. The quantitative estimate of drug-likeness (QED) is 0.575. The Hall–Kier alpha value is -2.34. The number of amides is 1. The van der Waals surface area contributed by atoms with Gasteiger partial charge < -0.3 is 20.6 Å². The van der Waals surface area contributed by atoms with Crippen molar-refractivity contribution in [1.29, 1.82) is 0 Å². The Bertz CT molecular complexity index is 478. The maximum atomic E-state index is 11.5. The summed E-state index contributed by atoms with van der Waals surface area (Å²) < 4.78 is 0. The Kier molecular flexibility index (Phi) is 5.08. The van der Waals surface area contributed by atoms with Crippen molar-refractivity contribution in [2.75, 3.05) is 0 Å². The van der Waals surface area contributed by atoms with Gasteiger partial charge in [-0.25, -0.2) is 4.79 Å². The molecule has 6 heteroatoms. The van der Waals surface area contributed by atoms with Crippen LogP contribution in [0.5, 0.6) is 5.75 Å². The predicted molar refractivity (Wildman–Crippen MR) is 68.4 cm³/mol. The van der Waals surface area contributed by atoms with Gasteiger partial charge in [0.1, 0.15) is 5.75 Å². The van der Waals surface area contributed by atoms with Gasteiger partial charge in [0.05, 0.1) is 6.10 Å². The van der Waals surface area contributed by atoms with Crippen LogP contribution in [0.2, 0.25) is 0 Å². The molecule has 1 rings (SSSR count). The van der Waals surface area contributed by atoms with Crippen LogP contribution in [-0.2, 0) is 9.59 Å². The van der Waals surface area contributed by atoms with E-state index in [0.717, 1.165) is 6.08 Å². The van der Waals surface area contributed by atoms with Crippen molar-refractivity contribution in [3.05, 3.63) is 35.9 Å². The van der Waals surface area contributed by atoms with Crippen molar-refractivity contribution < 1.29 is 24.9 Å². The lowest BCUT2D eigenvalue weighted by Crippen LogP contribution is -2.47. The number of hydrogen-bond acceptors (Lipinski definition) is 4. The highest BCUT2D eigenvalue weighted by Crippen LogP contribution is 2.10. The number of phenolic OH excluding ortho intramolecular Hbond substituents is 1. The molecule has 1 amide bonds. The van der Waals surface area contributed by atoms with Crippen molar-refractivity contribution in [1.82, 2.24) is 5.32 Å². The topological polar surface area (TPSA) is 107 Å². The zero-order valence-corrected chi connectivity index (χ0v) is 10.3. The molecule has 0 aliphatic heterocycles. The highest BCUT2D eigenvalue weighted by Gasteiger charge is 2.23. The molecule has 0 aliphatic rings. The van der Waals surface area contributed by atoms with E-state index in [4.69, 9.17) is 10.2 Å². The van der Waals surface area contributed by atoms with Crippen LogP contribution in [-0.4, -0.2) is 39.3 Å². The Morgan fingerprint density at radius 2 is 1.84 bits per heavy atom. The number of aliphatic hydroxyl groups is 1. The van der Waals surface area contributed by atoms with Crippen LogP contribution in [0.4, 0.5) is 0 Å². The third-order valence-corrected chi connectivity index (χ3v) is 2.37. The number of carbonyl (C=O) groups is 2. The minimum Gasteiger partial charge on any atom is -0.508 e. The molecule has 0 aliphatic carbocycles. The number of phenols is 1. The number of carboxylic acids is 1. The summed E-state index contributed by atoms with van der Waals surface area (Å²) in [4.78, 5) is 22.2. The second kappa shape index (κ2) is 6.55. The number of aliphatic hydroxyl groups excluding tert-OH is 1. The number of hydrogen-bond donors (Lipinski definition) is 4. The van der Waals surface area contributed by atoms with E-state index in [9.17, 15) is 14.7 Å². The highest BCUT2D eigenvalue weighted by molar-refractivity contribution is 5.94. The highest BCUT2D eigenvalue weighted by atomic mass is 16.4. The first-order valence-corrected chi connectivity index (χ1v) is 5.58. The van der Waals surface area contributed by atoms with Gasteiger partial charge in [0.2, 0.25) is 5.91 Å². The summed E-state index contributed by atoms with van der Waals surface area (Å²) in [5, 5.41) is 29.2. The fourth-order valence-corrected chi connectivity index (χ4v) is 1.35. The van der Waals surface area contributed by atoms with Crippen molar-refractivity contribution in [3.8, 4) is 5.75 Å². The first-order valence-electron chi connectivity index (χ1n) is 5.58. The summed E-state index contributed by atoms with van der Waals surface area (Å²) in [6.45, 7) is 1.28. The number of aromatic hydroxyl groups is 1. The van der Waals surface area contributed by atoms with Crippen LogP contribution in [0.15, 0.2) is 30.3 Å². The van der Waals surface area contributed by atoms with E-state index in [0.29, 0.717) is 5.56 Å². The molecule has 4 N–H and O–H groups in total. The normalized spacial score (nSPS) is 14.0. The van der Waals surface area contributed by atoms with Crippen molar-refractivity contribution in [2.24, 2.45) is 0 Å². The standard InChI is InChI=1S/C13H15NO5/c1-8(15)12(13(18)19)14-11(17)7-4-9-2-5-10(16)6-3-9/h2-8,12,15-16H,1H3,(H,14,17)(H,18,19)/t8-,12+/m1/s1. The van der Waals surface area contributed by atoms with Gasteiger partial charge in [0.25, 0.3) is 0 Å². The number of rotatable bonds is 5. The molecule has 1 aromatic rings. The summed E-state index contributed by atoms with van der Waals surface area (Å²) in [5.74, 6) is -1.82. The molecule has 6 nitrogen and oxygen atoms in total. The van der Waals surface area contributed by atoms with Crippen LogP contribution < -0.4 is 5.32 Å². The zero-order chi connectivity index (χ0) is 14.4. The minimum absolute atomic E-state index is 0.113. The lowest BCUT2D eigenvalue weighted by atomic mass is 10.1. The summed E-state index contributed by atoms with van der Waals surface area (Å²) >= 11 is 0. The first-order chi connectivity index (χ1) is 8.90. The van der Waals surface area contributed by atoms with Crippen molar-refractivity contribution in [2.45, 2.75) is 19.1 Å². The predicted octanol–water partition coefficient (Wildman–Crippen LogP) is 0.356. The molecule has 0 saturated heterocycles. The molecule has 0 fully saturated rings. The van der Waals surface area contributed by atoms with Crippen molar-refractivity contribution in [3.63, 3.8) is 0 Å². The summed E-state index contributed by atoms with van der Waals surface area (Å²) in [6.07, 6.45) is 1.43. The summed E-state index contributed by atoms with van der Waals surface area (Å²) in [6, 6.07) is 4.78. The van der Waals surface area contributed by atoms with E-state index in [-0.39, 0.29) is 5.75 Å². The Morgan fingerprint density at radius 1 is 1.26 bits per heavy atom. The molecule has 0 heterocycles.